The fraction of sp³-hybridized carbons (Fsp3) is 0.133. The second-order valence-electron chi connectivity index (χ2n) is 8.94. The van der Waals surface area contributed by atoms with Gasteiger partial charge in [-0.15, -0.1) is 0 Å². The summed E-state index contributed by atoms with van der Waals surface area (Å²) in [7, 11) is 0. The van der Waals surface area contributed by atoms with Crippen LogP contribution in [0.2, 0.25) is 0 Å². The zero-order valence-corrected chi connectivity index (χ0v) is 20.9. The lowest BCUT2D eigenvalue weighted by atomic mass is 10.1. The van der Waals surface area contributed by atoms with Gasteiger partial charge in [-0.25, -0.2) is 0 Å². The molecule has 4 aromatic carbocycles. The number of benzene rings is 4. The molecule has 1 aromatic heterocycles. The number of amides is 1. The first-order chi connectivity index (χ1) is 18.6. The number of hydrogen-bond donors (Lipinski definition) is 1. The fourth-order valence-corrected chi connectivity index (χ4v) is 4.10. The standard InChI is InChI=1S/C30H22F3NO5/c1-17-6-5-9-24(18(17)2)34-26(35)16-37-21-12-13-23-25(15-21)39-29(30(31,32)33)28(27(23)36)38-22-11-10-19-7-3-4-8-20(19)14-22/h3-15H,16H2,1-2H3,(H,34,35). The Labute approximate surface area is 220 Å². The van der Waals surface area contributed by atoms with Crippen molar-refractivity contribution in [2.75, 3.05) is 11.9 Å². The average molecular weight is 534 g/mol. The van der Waals surface area contributed by atoms with Crippen LogP contribution in [0.15, 0.2) is 88.1 Å². The lowest BCUT2D eigenvalue weighted by Crippen LogP contribution is -2.21. The van der Waals surface area contributed by atoms with E-state index in [9.17, 15) is 22.8 Å². The van der Waals surface area contributed by atoms with Gasteiger partial charge in [0.05, 0.1) is 5.39 Å². The molecule has 0 aliphatic rings. The molecule has 0 atom stereocenters. The molecule has 1 N–H and O–H groups in total. The van der Waals surface area contributed by atoms with Gasteiger partial charge in [0.2, 0.25) is 11.2 Å². The van der Waals surface area contributed by atoms with Crippen LogP contribution in [0.4, 0.5) is 18.9 Å². The van der Waals surface area contributed by atoms with Crippen molar-refractivity contribution in [3.63, 3.8) is 0 Å². The van der Waals surface area contributed by atoms with Crippen LogP contribution in [-0.4, -0.2) is 12.5 Å². The molecule has 0 saturated heterocycles. The minimum absolute atomic E-state index is 0.0538. The molecular formula is C30H22F3NO5. The first-order valence-electron chi connectivity index (χ1n) is 11.9. The molecule has 0 bridgehead atoms. The zero-order chi connectivity index (χ0) is 27.7. The summed E-state index contributed by atoms with van der Waals surface area (Å²) in [4.78, 5) is 25.5. The third-order valence-corrected chi connectivity index (χ3v) is 6.27. The molecule has 5 rings (SSSR count). The summed E-state index contributed by atoms with van der Waals surface area (Å²) in [6.07, 6.45) is -5.01. The van der Waals surface area contributed by atoms with Crippen molar-refractivity contribution >= 4 is 33.3 Å². The van der Waals surface area contributed by atoms with Gasteiger partial charge in [-0.3, -0.25) is 9.59 Å². The van der Waals surface area contributed by atoms with Crippen LogP contribution < -0.4 is 20.2 Å². The number of ether oxygens (including phenoxy) is 2. The number of halogens is 3. The van der Waals surface area contributed by atoms with Crippen molar-refractivity contribution in [2.45, 2.75) is 20.0 Å². The van der Waals surface area contributed by atoms with Crippen LogP contribution in [0.5, 0.6) is 17.2 Å². The van der Waals surface area contributed by atoms with Gasteiger partial charge in [0, 0.05) is 11.8 Å². The highest BCUT2D eigenvalue weighted by atomic mass is 19.4. The molecule has 0 aliphatic carbocycles. The predicted molar refractivity (Wildman–Crippen MR) is 142 cm³/mol. The van der Waals surface area contributed by atoms with Crippen molar-refractivity contribution in [1.29, 1.82) is 0 Å². The third kappa shape index (κ3) is 5.43. The maximum atomic E-state index is 13.9. The first-order valence-corrected chi connectivity index (χ1v) is 11.9. The Kier molecular flexibility index (Phi) is 6.74. The van der Waals surface area contributed by atoms with E-state index >= 15 is 0 Å². The van der Waals surface area contributed by atoms with Gasteiger partial charge in [0.1, 0.15) is 17.1 Å². The Bertz CT molecular complexity index is 1780. The van der Waals surface area contributed by atoms with Gasteiger partial charge in [-0.1, -0.05) is 42.5 Å². The number of nitrogens with one attached hydrogen (secondary N) is 1. The number of aryl methyl sites for hydroxylation is 1. The summed E-state index contributed by atoms with van der Waals surface area (Å²) >= 11 is 0. The summed E-state index contributed by atoms with van der Waals surface area (Å²) in [5.74, 6) is -2.89. The molecule has 1 amide bonds. The fourth-order valence-electron chi connectivity index (χ4n) is 4.10. The minimum atomic E-state index is -5.01. The SMILES string of the molecule is Cc1cccc(NC(=O)COc2ccc3c(=O)c(Oc4ccc5ccccc5c4)c(C(F)(F)F)oc3c2)c1C. The molecule has 9 heteroatoms. The molecule has 0 radical (unpaired) electrons. The molecule has 5 aromatic rings. The van der Waals surface area contributed by atoms with Crippen molar-refractivity contribution in [1.82, 2.24) is 0 Å². The molecule has 0 unspecified atom stereocenters. The number of carbonyl (C=O) groups is 1. The highest BCUT2D eigenvalue weighted by Crippen LogP contribution is 2.39. The summed E-state index contributed by atoms with van der Waals surface area (Å²) < 4.78 is 57.9. The molecule has 0 spiro atoms. The van der Waals surface area contributed by atoms with E-state index in [0.29, 0.717) is 5.69 Å². The van der Waals surface area contributed by atoms with Gasteiger partial charge < -0.3 is 19.2 Å². The monoisotopic (exact) mass is 533 g/mol. The van der Waals surface area contributed by atoms with E-state index < -0.39 is 35.6 Å². The quantitative estimate of drug-likeness (QED) is 0.246. The molecular weight excluding hydrogens is 511 g/mol. The molecule has 39 heavy (non-hydrogen) atoms. The smallest absolute Gasteiger partial charge is 0.453 e. The molecule has 6 nitrogen and oxygen atoms in total. The molecule has 1 heterocycles. The highest BCUT2D eigenvalue weighted by Gasteiger charge is 2.40. The third-order valence-electron chi connectivity index (χ3n) is 6.27. The summed E-state index contributed by atoms with van der Waals surface area (Å²) in [5, 5.41) is 4.20. The zero-order valence-electron chi connectivity index (χ0n) is 20.9. The number of fused-ring (bicyclic) bond motifs is 2. The first kappa shape index (κ1) is 25.8. The number of rotatable bonds is 6. The maximum Gasteiger partial charge on any atom is 0.453 e. The normalized spacial score (nSPS) is 11.5. The van der Waals surface area contributed by atoms with Crippen LogP contribution in [0.3, 0.4) is 0 Å². The molecule has 198 valence electrons. The van der Waals surface area contributed by atoms with E-state index in [1.165, 1.54) is 18.2 Å². The lowest BCUT2D eigenvalue weighted by Gasteiger charge is -2.14. The molecule has 0 fully saturated rings. The van der Waals surface area contributed by atoms with Gasteiger partial charge in [-0.05, 0) is 66.1 Å². The summed E-state index contributed by atoms with van der Waals surface area (Å²) in [5.41, 5.74) is 1.19. The van der Waals surface area contributed by atoms with Gasteiger partial charge in [0.15, 0.2) is 6.61 Å². The Morgan fingerprint density at radius 3 is 2.41 bits per heavy atom. The Hall–Kier alpha value is -4.79. The largest absolute Gasteiger partial charge is 0.484 e. The molecule has 0 saturated carbocycles. The second kappa shape index (κ2) is 10.2. The highest BCUT2D eigenvalue weighted by molar-refractivity contribution is 5.93. The van der Waals surface area contributed by atoms with E-state index in [4.69, 9.17) is 13.9 Å². The van der Waals surface area contributed by atoms with Gasteiger partial charge >= 0.3 is 6.18 Å². The van der Waals surface area contributed by atoms with Gasteiger partial charge in [-0.2, -0.15) is 13.2 Å². The second-order valence-corrected chi connectivity index (χ2v) is 8.94. The average Bonchev–Trinajstić information content (AvgIpc) is 2.91. The van der Waals surface area contributed by atoms with E-state index in [1.807, 2.05) is 32.0 Å². The molecule has 0 aliphatic heterocycles. The number of anilines is 1. The number of hydrogen-bond acceptors (Lipinski definition) is 5. The van der Waals surface area contributed by atoms with Crippen LogP contribution in [0, 0.1) is 13.8 Å². The number of alkyl halides is 3. The minimum Gasteiger partial charge on any atom is -0.484 e. The van der Waals surface area contributed by atoms with E-state index in [0.717, 1.165) is 28.0 Å². The Balaban J connectivity index is 1.42. The predicted octanol–water partition coefficient (Wildman–Crippen LogP) is 7.39. The summed E-state index contributed by atoms with van der Waals surface area (Å²) in [6, 6.07) is 21.2. The number of carbonyl (C=O) groups excluding carboxylic acids is 1. The van der Waals surface area contributed by atoms with Crippen LogP contribution in [0.25, 0.3) is 21.7 Å². The Morgan fingerprint density at radius 1 is 0.897 bits per heavy atom. The van der Waals surface area contributed by atoms with Crippen molar-refractivity contribution in [3.8, 4) is 17.2 Å². The van der Waals surface area contributed by atoms with Crippen molar-refractivity contribution in [2.24, 2.45) is 0 Å². The van der Waals surface area contributed by atoms with Crippen LogP contribution in [0.1, 0.15) is 16.9 Å². The Morgan fingerprint density at radius 2 is 1.64 bits per heavy atom. The topological polar surface area (TPSA) is 77.8 Å². The van der Waals surface area contributed by atoms with Crippen molar-refractivity contribution in [3.05, 3.63) is 106 Å². The van der Waals surface area contributed by atoms with Crippen LogP contribution >= 0.6 is 0 Å². The van der Waals surface area contributed by atoms with E-state index in [1.54, 1.807) is 36.4 Å². The maximum absolute atomic E-state index is 13.9. The van der Waals surface area contributed by atoms with Gasteiger partial charge in [0.25, 0.3) is 11.7 Å². The van der Waals surface area contributed by atoms with Crippen LogP contribution in [-0.2, 0) is 11.0 Å². The van der Waals surface area contributed by atoms with Crippen molar-refractivity contribution < 1.29 is 31.9 Å². The lowest BCUT2D eigenvalue weighted by molar-refractivity contribution is -0.154. The van der Waals surface area contributed by atoms with E-state index in [-0.39, 0.29) is 22.5 Å². The summed E-state index contributed by atoms with van der Waals surface area (Å²) in [6.45, 7) is 3.38. The van der Waals surface area contributed by atoms with E-state index in [2.05, 4.69) is 5.32 Å².